The predicted octanol–water partition coefficient (Wildman–Crippen LogP) is 7.91. The molecule has 3 N–H and O–H groups in total. The third-order valence-electron chi connectivity index (χ3n) is 6.27. The van der Waals surface area contributed by atoms with Crippen molar-refractivity contribution in [3.8, 4) is 5.75 Å². The summed E-state index contributed by atoms with van der Waals surface area (Å²) in [7, 11) is 0. The zero-order chi connectivity index (χ0) is 31.5. The Morgan fingerprint density at radius 1 is 0.909 bits per heavy atom. The first kappa shape index (κ1) is 32.5. The van der Waals surface area contributed by atoms with Crippen LogP contribution in [-0.2, 0) is 9.59 Å². The molecular weight excluding hydrogens is 645 g/mol. The van der Waals surface area contributed by atoms with Crippen molar-refractivity contribution in [3.63, 3.8) is 0 Å². The van der Waals surface area contributed by atoms with Crippen molar-refractivity contribution in [2.75, 3.05) is 17.2 Å². The second kappa shape index (κ2) is 15.9. The number of ether oxygens (including phenoxy) is 1. The molecule has 0 aliphatic heterocycles. The molecule has 44 heavy (non-hydrogen) atoms. The fraction of sp³-hybridized carbons (Fsp3) is 0.147. The van der Waals surface area contributed by atoms with Crippen LogP contribution in [0.3, 0.4) is 0 Å². The van der Waals surface area contributed by atoms with E-state index < -0.39 is 22.9 Å². The number of anilines is 2. The van der Waals surface area contributed by atoms with Gasteiger partial charge in [0.1, 0.15) is 17.3 Å². The maximum Gasteiger partial charge on any atom is 0.272 e. The molecule has 226 valence electrons. The quantitative estimate of drug-likeness (QED) is 0.105. The van der Waals surface area contributed by atoms with E-state index in [1.165, 1.54) is 23.9 Å². The highest BCUT2D eigenvalue weighted by molar-refractivity contribution is 9.10. The lowest BCUT2D eigenvalue weighted by Crippen LogP contribution is -2.30. The largest absolute Gasteiger partial charge is 0.493 e. The Kier molecular flexibility index (Phi) is 11.7. The van der Waals surface area contributed by atoms with E-state index in [2.05, 4.69) is 31.9 Å². The number of nitrogens with one attached hydrogen (secondary N) is 3. The molecule has 4 rings (SSSR count). The van der Waals surface area contributed by atoms with Gasteiger partial charge in [-0.05, 0) is 74.0 Å². The smallest absolute Gasteiger partial charge is 0.272 e. The summed E-state index contributed by atoms with van der Waals surface area (Å²) in [5, 5.41) is 7.73. The molecule has 0 saturated carbocycles. The minimum atomic E-state index is -0.543. The first-order valence-corrected chi connectivity index (χ1v) is 15.6. The van der Waals surface area contributed by atoms with Gasteiger partial charge in [-0.1, -0.05) is 65.3 Å². The molecule has 1 atom stereocenters. The van der Waals surface area contributed by atoms with E-state index in [1.54, 1.807) is 72.8 Å². The molecule has 0 heterocycles. The van der Waals surface area contributed by atoms with E-state index in [-0.39, 0.29) is 17.3 Å². The lowest BCUT2D eigenvalue weighted by Gasteiger charge is -2.16. The van der Waals surface area contributed by atoms with Crippen molar-refractivity contribution in [2.24, 2.45) is 0 Å². The van der Waals surface area contributed by atoms with E-state index in [1.807, 2.05) is 32.0 Å². The number of hydrogen-bond acceptors (Lipinski definition) is 5. The van der Waals surface area contributed by atoms with Crippen molar-refractivity contribution in [1.29, 1.82) is 0 Å². The number of para-hydroxylation sites is 1. The summed E-state index contributed by atoms with van der Waals surface area (Å²) in [6.07, 6.45) is 2.06. The van der Waals surface area contributed by atoms with Crippen LogP contribution in [0.5, 0.6) is 5.75 Å². The van der Waals surface area contributed by atoms with Crippen LogP contribution < -0.4 is 20.7 Å². The van der Waals surface area contributed by atoms with E-state index >= 15 is 0 Å². The molecule has 0 spiro atoms. The average Bonchev–Trinajstić information content (AvgIpc) is 3.02. The summed E-state index contributed by atoms with van der Waals surface area (Å²) in [4.78, 5) is 40.3. The third kappa shape index (κ3) is 9.05. The van der Waals surface area contributed by atoms with Crippen molar-refractivity contribution < 1.29 is 23.5 Å². The van der Waals surface area contributed by atoms with Crippen LogP contribution in [0.15, 0.2) is 112 Å². The summed E-state index contributed by atoms with van der Waals surface area (Å²) in [6, 6.07) is 27.3. The second-order valence-corrected chi connectivity index (χ2v) is 11.7. The topological polar surface area (TPSA) is 96.5 Å². The molecule has 0 aromatic heterocycles. The minimum absolute atomic E-state index is 0.0198. The number of rotatable bonds is 12. The third-order valence-corrected chi connectivity index (χ3v) is 8.12. The standard InChI is InChI=1S/C34H31BrFN3O4S/c1-3-31(34(42)38-28-18-17-24(35)20-27(28)36)44-26-15-10-14-25(21-26)37-33(41)29(39-32(40)22-11-6-5-7-12-22)19-23-13-8-9-16-30(23)43-4-2/h5-21,31H,3-4H2,1-2H3,(H,37,41)(H,38,42)(H,39,40)/b29-19+. The normalized spacial score (nSPS) is 11.8. The van der Waals surface area contributed by atoms with E-state index in [9.17, 15) is 18.8 Å². The average molecular weight is 677 g/mol. The molecule has 0 fully saturated rings. The molecule has 0 saturated heterocycles. The number of benzene rings is 4. The fourth-order valence-corrected chi connectivity index (χ4v) is 5.47. The van der Waals surface area contributed by atoms with Gasteiger partial charge < -0.3 is 20.7 Å². The van der Waals surface area contributed by atoms with Crippen molar-refractivity contribution >= 4 is 62.9 Å². The lowest BCUT2D eigenvalue weighted by molar-refractivity contribution is -0.116. The van der Waals surface area contributed by atoms with Gasteiger partial charge in [0.2, 0.25) is 5.91 Å². The van der Waals surface area contributed by atoms with Crippen molar-refractivity contribution in [1.82, 2.24) is 5.32 Å². The Morgan fingerprint density at radius 3 is 2.39 bits per heavy atom. The first-order chi connectivity index (χ1) is 21.3. The van der Waals surface area contributed by atoms with Gasteiger partial charge in [0.15, 0.2) is 0 Å². The molecule has 0 bridgehead atoms. The Labute approximate surface area is 268 Å². The molecule has 1 unspecified atom stereocenters. The molecule has 4 aromatic carbocycles. The Balaban J connectivity index is 1.53. The molecule has 0 aliphatic carbocycles. The van der Waals surface area contributed by atoms with Gasteiger partial charge in [-0.25, -0.2) is 4.39 Å². The first-order valence-electron chi connectivity index (χ1n) is 13.9. The maximum atomic E-state index is 14.3. The van der Waals surface area contributed by atoms with Crippen LogP contribution in [-0.4, -0.2) is 29.6 Å². The van der Waals surface area contributed by atoms with Gasteiger partial charge in [0.05, 0.1) is 17.5 Å². The van der Waals surface area contributed by atoms with Gasteiger partial charge in [-0.2, -0.15) is 0 Å². The predicted molar refractivity (Wildman–Crippen MR) is 177 cm³/mol. The lowest BCUT2D eigenvalue weighted by atomic mass is 10.1. The van der Waals surface area contributed by atoms with E-state index in [0.717, 1.165) is 4.90 Å². The molecule has 3 amide bonds. The molecule has 7 nitrogen and oxygen atoms in total. The van der Waals surface area contributed by atoms with Crippen LogP contribution in [0.1, 0.15) is 36.2 Å². The Morgan fingerprint density at radius 2 is 1.66 bits per heavy atom. The van der Waals surface area contributed by atoms with Crippen molar-refractivity contribution in [2.45, 2.75) is 30.4 Å². The van der Waals surface area contributed by atoms with Crippen LogP contribution in [0.25, 0.3) is 6.08 Å². The Bertz CT molecular complexity index is 1670. The van der Waals surface area contributed by atoms with Gasteiger partial charge in [0, 0.05) is 26.2 Å². The van der Waals surface area contributed by atoms with Gasteiger partial charge in [-0.3, -0.25) is 14.4 Å². The van der Waals surface area contributed by atoms with E-state index in [4.69, 9.17) is 4.74 Å². The minimum Gasteiger partial charge on any atom is -0.493 e. The van der Waals surface area contributed by atoms with Crippen molar-refractivity contribution in [3.05, 3.63) is 124 Å². The number of carbonyl (C=O) groups is 3. The SMILES string of the molecule is CCOc1ccccc1/C=C(/NC(=O)c1ccccc1)C(=O)Nc1cccc(SC(CC)C(=O)Nc2ccc(Br)cc2F)c1. The summed E-state index contributed by atoms with van der Waals surface area (Å²) in [5.74, 6) is -1.29. The number of amides is 3. The van der Waals surface area contributed by atoms with Crippen LogP contribution in [0.2, 0.25) is 0 Å². The number of carbonyl (C=O) groups excluding carboxylic acids is 3. The summed E-state index contributed by atoms with van der Waals surface area (Å²) in [6.45, 7) is 4.16. The Hall–Kier alpha value is -4.41. The van der Waals surface area contributed by atoms with Crippen LogP contribution in [0.4, 0.5) is 15.8 Å². The summed E-state index contributed by atoms with van der Waals surface area (Å²) < 4.78 is 20.6. The molecule has 0 radical (unpaired) electrons. The summed E-state index contributed by atoms with van der Waals surface area (Å²) in [5.41, 5.74) is 1.60. The molecule has 0 aliphatic rings. The number of halogens is 2. The highest BCUT2D eigenvalue weighted by atomic mass is 79.9. The fourth-order valence-electron chi connectivity index (χ4n) is 4.12. The zero-order valence-electron chi connectivity index (χ0n) is 24.1. The molecular formula is C34H31BrFN3O4S. The number of hydrogen-bond donors (Lipinski definition) is 3. The summed E-state index contributed by atoms with van der Waals surface area (Å²) >= 11 is 4.51. The van der Waals surface area contributed by atoms with Gasteiger partial charge >= 0.3 is 0 Å². The van der Waals surface area contributed by atoms with Crippen LogP contribution in [0, 0.1) is 5.82 Å². The van der Waals surface area contributed by atoms with E-state index in [0.29, 0.717) is 40.1 Å². The van der Waals surface area contributed by atoms with Crippen LogP contribution >= 0.6 is 27.7 Å². The maximum absolute atomic E-state index is 14.3. The van der Waals surface area contributed by atoms with Gasteiger partial charge in [0.25, 0.3) is 11.8 Å². The highest BCUT2D eigenvalue weighted by Gasteiger charge is 2.21. The zero-order valence-corrected chi connectivity index (χ0v) is 26.5. The highest BCUT2D eigenvalue weighted by Crippen LogP contribution is 2.30. The molecule has 4 aromatic rings. The van der Waals surface area contributed by atoms with Gasteiger partial charge in [-0.15, -0.1) is 11.8 Å². The molecule has 10 heteroatoms. The number of thioether (sulfide) groups is 1. The second-order valence-electron chi connectivity index (χ2n) is 9.46. The monoisotopic (exact) mass is 675 g/mol.